The SMILES string of the molecule is CS(=O)(=O)Cc1cccc(NC(=O)C2CC3CCCCC3N2)c1.Cl. The summed E-state index contributed by atoms with van der Waals surface area (Å²) >= 11 is 0. The first-order valence-corrected chi connectivity index (χ1v) is 10.3. The summed E-state index contributed by atoms with van der Waals surface area (Å²) < 4.78 is 22.8. The minimum Gasteiger partial charge on any atom is -0.325 e. The Morgan fingerprint density at radius 3 is 2.75 bits per heavy atom. The number of hydrogen-bond donors (Lipinski definition) is 2. The summed E-state index contributed by atoms with van der Waals surface area (Å²) in [6, 6.07) is 7.42. The maximum atomic E-state index is 12.5. The molecule has 0 spiro atoms. The highest BCUT2D eigenvalue weighted by atomic mass is 35.5. The Bertz CT molecular complexity index is 679. The van der Waals surface area contributed by atoms with E-state index in [-0.39, 0.29) is 30.1 Å². The molecular weight excluding hydrogens is 348 g/mol. The number of halogens is 1. The first-order valence-electron chi connectivity index (χ1n) is 8.24. The van der Waals surface area contributed by atoms with Gasteiger partial charge in [-0.05, 0) is 42.9 Å². The number of fused-ring (bicyclic) bond motifs is 1. The zero-order valence-electron chi connectivity index (χ0n) is 13.8. The Kier molecular flexibility index (Phi) is 6.28. The van der Waals surface area contributed by atoms with Gasteiger partial charge < -0.3 is 10.6 Å². The Morgan fingerprint density at radius 2 is 2.04 bits per heavy atom. The van der Waals surface area contributed by atoms with E-state index in [2.05, 4.69) is 10.6 Å². The standard InChI is InChI=1S/C17H24N2O3S.ClH/c1-23(21,22)11-12-5-4-7-14(9-12)18-17(20)16-10-13-6-2-3-8-15(13)19-16;/h4-5,7,9,13,15-16,19H,2-3,6,8,10-11H2,1H3,(H,18,20);1H. The Balaban J connectivity index is 0.00000208. The van der Waals surface area contributed by atoms with Gasteiger partial charge in [-0.3, -0.25) is 4.79 Å². The summed E-state index contributed by atoms with van der Waals surface area (Å²) in [7, 11) is -3.08. The molecule has 2 aliphatic rings. The van der Waals surface area contributed by atoms with Crippen molar-refractivity contribution in [1.29, 1.82) is 0 Å². The monoisotopic (exact) mass is 372 g/mol. The molecule has 3 atom stereocenters. The number of amides is 1. The van der Waals surface area contributed by atoms with Gasteiger partial charge in [0.25, 0.3) is 0 Å². The number of carbonyl (C=O) groups is 1. The lowest BCUT2D eigenvalue weighted by atomic mass is 9.85. The molecule has 3 rings (SSSR count). The van der Waals surface area contributed by atoms with E-state index < -0.39 is 9.84 Å². The summed E-state index contributed by atoms with van der Waals surface area (Å²) in [6.07, 6.45) is 7.01. The number of sulfone groups is 1. The Hall–Kier alpha value is -1.11. The van der Waals surface area contributed by atoms with Crippen LogP contribution in [0, 0.1) is 5.92 Å². The summed E-state index contributed by atoms with van der Waals surface area (Å²) in [5, 5.41) is 6.38. The molecule has 1 aromatic carbocycles. The number of hydrogen-bond acceptors (Lipinski definition) is 4. The van der Waals surface area contributed by atoms with Crippen molar-refractivity contribution >= 4 is 33.8 Å². The van der Waals surface area contributed by atoms with Crippen LogP contribution in [0.5, 0.6) is 0 Å². The molecule has 134 valence electrons. The van der Waals surface area contributed by atoms with E-state index in [1.54, 1.807) is 24.3 Å². The number of carbonyl (C=O) groups excluding carboxylic acids is 1. The molecule has 24 heavy (non-hydrogen) atoms. The van der Waals surface area contributed by atoms with Gasteiger partial charge in [0.15, 0.2) is 9.84 Å². The molecule has 1 saturated heterocycles. The van der Waals surface area contributed by atoms with E-state index in [1.165, 1.54) is 25.5 Å². The van der Waals surface area contributed by atoms with Gasteiger partial charge in [-0.15, -0.1) is 12.4 Å². The van der Waals surface area contributed by atoms with Crippen molar-refractivity contribution in [3.05, 3.63) is 29.8 Å². The molecule has 0 bridgehead atoms. The fraction of sp³-hybridized carbons (Fsp3) is 0.588. The smallest absolute Gasteiger partial charge is 0.241 e. The normalized spacial score (nSPS) is 26.3. The lowest BCUT2D eigenvalue weighted by molar-refractivity contribution is -0.117. The van der Waals surface area contributed by atoms with Crippen LogP contribution in [-0.2, 0) is 20.4 Å². The van der Waals surface area contributed by atoms with Gasteiger partial charge in [0.2, 0.25) is 5.91 Å². The van der Waals surface area contributed by atoms with Gasteiger partial charge in [-0.2, -0.15) is 0 Å². The maximum Gasteiger partial charge on any atom is 0.241 e. The van der Waals surface area contributed by atoms with E-state index in [4.69, 9.17) is 0 Å². The van der Waals surface area contributed by atoms with E-state index in [0.29, 0.717) is 23.2 Å². The maximum absolute atomic E-state index is 12.5. The van der Waals surface area contributed by atoms with Gasteiger partial charge in [-0.1, -0.05) is 25.0 Å². The van der Waals surface area contributed by atoms with Crippen molar-refractivity contribution in [1.82, 2.24) is 5.32 Å². The molecule has 2 fully saturated rings. The third kappa shape index (κ3) is 4.94. The molecule has 1 aliphatic carbocycles. The Labute approximate surface area is 149 Å². The van der Waals surface area contributed by atoms with Crippen molar-refractivity contribution in [2.45, 2.75) is 49.9 Å². The van der Waals surface area contributed by atoms with Crippen LogP contribution in [0.2, 0.25) is 0 Å². The van der Waals surface area contributed by atoms with Crippen LogP contribution in [0.15, 0.2) is 24.3 Å². The summed E-state index contributed by atoms with van der Waals surface area (Å²) in [4.78, 5) is 12.5. The van der Waals surface area contributed by atoms with E-state index >= 15 is 0 Å². The van der Waals surface area contributed by atoms with Crippen LogP contribution in [0.1, 0.15) is 37.7 Å². The van der Waals surface area contributed by atoms with Gasteiger partial charge in [-0.25, -0.2) is 8.42 Å². The quantitative estimate of drug-likeness (QED) is 0.851. The molecular formula is C17H25ClN2O3S. The van der Waals surface area contributed by atoms with Crippen LogP contribution in [0.3, 0.4) is 0 Å². The van der Waals surface area contributed by atoms with Crippen LogP contribution >= 0.6 is 12.4 Å². The number of benzene rings is 1. The highest BCUT2D eigenvalue weighted by Gasteiger charge is 2.38. The van der Waals surface area contributed by atoms with Crippen LogP contribution in [-0.4, -0.2) is 32.7 Å². The second kappa shape index (κ2) is 7.85. The largest absolute Gasteiger partial charge is 0.325 e. The zero-order chi connectivity index (χ0) is 16.4. The van der Waals surface area contributed by atoms with Gasteiger partial charge in [0.1, 0.15) is 0 Å². The Morgan fingerprint density at radius 1 is 1.29 bits per heavy atom. The van der Waals surface area contributed by atoms with E-state index in [9.17, 15) is 13.2 Å². The van der Waals surface area contributed by atoms with Crippen LogP contribution < -0.4 is 10.6 Å². The molecule has 2 N–H and O–H groups in total. The highest BCUT2D eigenvalue weighted by molar-refractivity contribution is 7.89. The van der Waals surface area contributed by atoms with E-state index in [1.807, 2.05) is 0 Å². The number of rotatable bonds is 4. The summed E-state index contributed by atoms with van der Waals surface area (Å²) in [6.45, 7) is 0. The second-order valence-electron chi connectivity index (χ2n) is 6.87. The summed E-state index contributed by atoms with van der Waals surface area (Å²) in [5.74, 6) is 0.592. The molecule has 1 heterocycles. The highest BCUT2D eigenvalue weighted by Crippen LogP contribution is 2.33. The molecule has 0 aromatic heterocycles. The predicted octanol–water partition coefficient (Wildman–Crippen LogP) is 2.51. The minimum atomic E-state index is -3.08. The molecule has 3 unspecified atom stereocenters. The van der Waals surface area contributed by atoms with E-state index in [0.717, 1.165) is 12.8 Å². The third-order valence-corrected chi connectivity index (χ3v) is 5.66. The number of anilines is 1. The predicted molar refractivity (Wildman–Crippen MR) is 98.2 cm³/mol. The molecule has 1 aliphatic heterocycles. The minimum absolute atomic E-state index is 0. The first-order chi connectivity index (χ1) is 10.9. The fourth-order valence-corrected chi connectivity index (χ4v) is 4.58. The van der Waals surface area contributed by atoms with Crippen molar-refractivity contribution in [3.63, 3.8) is 0 Å². The van der Waals surface area contributed by atoms with Gasteiger partial charge >= 0.3 is 0 Å². The van der Waals surface area contributed by atoms with Gasteiger partial charge in [0.05, 0.1) is 11.8 Å². The van der Waals surface area contributed by atoms with Crippen LogP contribution in [0.4, 0.5) is 5.69 Å². The third-order valence-electron chi connectivity index (χ3n) is 4.80. The number of nitrogens with one attached hydrogen (secondary N) is 2. The molecule has 1 amide bonds. The van der Waals surface area contributed by atoms with Crippen molar-refractivity contribution in [2.75, 3.05) is 11.6 Å². The average molecular weight is 373 g/mol. The molecule has 5 nitrogen and oxygen atoms in total. The fourth-order valence-electron chi connectivity index (χ4n) is 3.79. The topological polar surface area (TPSA) is 75.3 Å². The second-order valence-corrected chi connectivity index (χ2v) is 9.01. The lowest BCUT2D eigenvalue weighted by Gasteiger charge is -2.24. The summed E-state index contributed by atoms with van der Waals surface area (Å²) in [5.41, 5.74) is 1.35. The van der Waals surface area contributed by atoms with Crippen molar-refractivity contribution in [3.8, 4) is 0 Å². The average Bonchev–Trinajstić information content (AvgIpc) is 2.90. The zero-order valence-corrected chi connectivity index (χ0v) is 15.5. The van der Waals surface area contributed by atoms with Gasteiger partial charge in [0, 0.05) is 18.0 Å². The molecule has 7 heteroatoms. The van der Waals surface area contributed by atoms with Crippen molar-refractivity contribution in [2.24, 2.45) is 5.92 Å². The first kappa shape index (κ1) is 19.2. The molecule has 0 radical (unpaired) electrons. The van der Waals surface area contributed by atoms with Crippen LogP contribution in [0.25, 0.3) is 0 Å². The molecule has 1 aromatic rings. The lowest BCUT2D eigenvalue weighted by Crippen LogP contribution is -2.39. The van der Waals surface area contributed by atoms with Crippen molar-refractivity contribution < 1.29 is 13.2 Å². The molecule has 1 saturated carbocycles.